The van der Waals surface area contributed by atoms with Crippen LogP contribution in [0.5, 0.6) is 0 Å². The van der Waals surface area contributed by atoms with Gasteiger partial charge in [-0.15, -0.1) is 0 Å². The third-order valence-corrected chi connectivity index (χ3v) is 5.02. The maximum absolute atomic E-state index is 13.8. The standard InChI is InChI=1S/C21H11F3N4O2/c1-27-20(29)13-9-25-19-17(16(13)21(27)30)18(10-2-4-11(22)5-3-10)26-28(19)12-6-7-14(23)15(24)8-12/h2-9H,1H3. The van der Waals surface area contributed by atoms with Crippen LogP contribution in [0.1, 0.15) is 20.7 Å². The van der Waals surface area contributed by atoms with Gasteiger partial charge in [-0.3, -0.25) is 14.5 Å². The van der Waals surface area contributed by atoms with Crippen molar-refractivity contribution < 1.29 is 22.8 Å². The molecule has 0 unspecified atom stereocenters. The van der Waals surface area contributed by atoms with Crippen LogP contribution in [0.2, 0.25) is 0 Å². The first-order valence-corrected chi connectivity index (χ1v) is 8.82. The van der Waals surface area contributed by atoms with Gasteiger partial charge in [-0.05, 0) is 36.4 Å². The molecule has 0 fully saturated rings. The molecular weight excluding hydrogens is 397 g/mol. The number of imide groups is 1. The fourth-order valence-corrected chi connectivity index (χ4v) is 3.52. The predicted octanol–water partition coefficient (Wildman–Crippen LogP) is 3.73. The molecule has 2 aromatic carbocycles. The first-order chi connectivity index (χ1) is 14.4. The Hall–Kier alpha value is -4.01. The number of halogens is 3. The van der Waals surface area contributed by atoms with Crippen molar-refractivity contribution in [2.24, 2.45) is 0 Å². The monoisotopic (exact) mass is 408 g/mol. The summed E-state index contributed by atoms with van der Waals surface area (Å²) >= 11 is 0. The Kier molecular flexibility index (Phi) is 3.76. The molecule has 9 heteroatoms. The van der Waals surface area contributed by atoms with Gasteiger partial charge >= 0.3 is 0 Å². The number of benzene rings is 2. The second-order valence-electron chi connectivity index (χ2n) is 6.78. The summed E-state index contributed by atoms with van der Waals surface area (Å²) in [5.74, 6) is -3.60. The van der Waals surface area contributed by atoms with E-state index in [1.807, 2.05) is 0 Å². The lowest BCUT2D eigenvalue weighted by Crippen LogP contribution is -2.24. The average Bonchev–Trinajstić information content (AvgIpc) is 3.22. The quantitative estimate of drug-likeness (QED) is 0.474. The number of rotatable bonds is 2. The maximum Gasteiger partial charge on any atom is 0.262 e. The van der Waals surface area contributed by atoms with Crippen molar-refractivity contribution in [3.05, 3.63) is 77.2 Å². The summed E-state index contributed by atoms with van der Waals surface area (Å²) in [5, 5.41) is 4.72. The van der Waals surface area contributed by atoms with Gasteiger partial charge in [-0.25, -0.2) is 22.8 Å². The molecule has 1 aliphatic rings. The molecule has 4 aromatic rings. The summed E-state index contributed by atoms with van der Waals surface area (Å²) in [6.07, 6.45) is 1.26. The van der Waals surface area contributed by atoms with Crippen LogP contribution >= 0.6 is 0 Å². The van der Waals surface area contributed by atoms with E-state index in [0.717, 1.165) is 17.0 Å². The van der Waals surface area contributed by atoms with Crippen LogP contribution in [0, 0.1) is 17.5 Å². The Bertz CT molecular complexity index is 1380. The molecule has 0 bridgehead atoms. The molecule has 1 aliphatic heterocycles. The Morgan fingerprint density at radius 2 is 1.63 bits per heavy atom. The molecule has 0 saturated carbocycles. The normalized spacial score (nSPS) is 13.4. The first kappa shape index (κ1) is 18.0. The number of amides is 2. The Balaban J connectivity index is 1.88. The number of carbonyl (C=O) groups excluding carboxylic acids is 2. The third kappa shape index (κ3) is 2.45. The second kappa shape index (κ2) is 6.24. The van der Waals surface area contributed by atoms with Crippen LogP contribution in [-0.2, 0) is 0 Å². The lowest BCUT2D eigenvalue weighted by Gasteiger charge is -2.04. The fourth-order valence-electron chi connectivity index (χ4n) is 3.52. The molecule has 2 aromatic heterocycles. The highest BCUT2D eigenvalue weighted by Crippen LogP contribution is 2.36. The van der Waals surface area contributed by atoms with Crippen molar-refractivity contribution in [2.45, 2.75) is 0 Å². The lowest BCUT2D eigenvalue weighted by molar-refractivity contribution is 0.0693. The van der Waals surface area contributed by atoms with Crippen LogP contribution in [0.3, 0.4) is 0 Å². The summed E-state index contributed by atoms with van der Waals surface area (Å²) in [6, 6.07) is 8.61. The Morgan fingerprint density at radius 3 is 2.33 bits per heavy atom. The van der Waals surface area contributed by atoms with E-state index < -0.39 is 29.3 Å². The number of hydrogen-bond acceptors (Lipinski definition) is 4. The molecule has 0 spiro atoms. The van der Waals surface area contributed by atoms with Gasteiger partial charge in [0.2, 0.25) is 0 Å². The zero-order chi connectivity index (χ0) is 21.2. The zero-order valence-electron chi connectivity index (χ0n) is 15.4. The fraction of sp³-hybridized carbons (Fsp3) is 0.0476. The van der Waals surface area contributed by atoms with E-state index in [4.69, 9.17) is 0 Å². The summed E-state index contributed by atoms with van der Waals surface area (Å²) in [4.78, 5) is 30.4. The lowest BCUT2D eigenvalue weighted by atomic mass is 10.0. The number of aromatic nitrogens is 3. The zero-order valence-corrected chi connectivity index (χ0v) is 15.4. The van der Waals surface area contributed by atoms with Crippen molar-refractivity contribution >= 4 is 22.8 Å². The smallest absolute Gasteiger partial charge is 0.262 e. The SMILES string of the molecule is CN1C(=O)c2cnc3c(c(-c4ccc(F)cc4)nn3-c3ccc(F)c(F)c3)c2C1=O. The summed E-state index contributed by atoms with van der Waals surface area (Å²) in [7, 11) is 1.35. The topological polar surface area (TPSA) is 68.1 Å². The summed E-state index contributed by atoms with van der Waals surface area (Å²) < 4.78 is 41.9. The number of carbonyl (C=O) groups is 2. The molecule has 148 valence electrons. The van der Waals surface area contributed by atoms with Crippen molar-refractivity contribution in [3.63, 3.8) is 0 Å². The minimum atomic E-state index is -1.08. The van der Waals surface area contributed by atoms with Crippen LogP contribution in [0.15, 0.2) is 48.7 Å². The third-order valence-electron chi connectivity index (χ3n) is 5.02. The average molecular weight is 408 g/mol. The van der Waals surface area contributed by atoms with Crippen molar-refractivity contribution in [2.75, 3.05) is 7.05 Å². The van der Waals surface area contributed by atoms with Crippen LogP contribution < -0.4 is 0 Å². The second-order valence-corrected chi connectivity index (χ2v) is 6.78. The highest BCUT2D eigenvalue weighted by Gasteiger charge is 2.37. The summed E-state index contributed by atoms with van der Waals surface area (Å²) in [6.45, 7) is 0. The van der Waals surface area contributed by atoms with Gasteiger partial charge < -0.3 is 0 Å². The molecule has 2 amide bonds. The predicted molar refractivity (Wildman–Crippen MR) is 101 cm³/mol. The largest absolute Gasteiger partial charge is 0.277 e. The van der Waals surface area contributed by atoms with Crippen LogP contribution in [-0.4, -0.2) is 38.5 Å². The molecule has 0 saturated heterocycles. The van der Waals surface area contributed by atoms with Gasteiger partial charge in [-0.1, -0.05) is 0 Å². The van der Waals surface area contributed by atoms with E-state index in [0.29, 0.717) is 5.56 Å². The van der Waals surface area contributed by atoms with Gasteiger partial charge in [0.25, 0.3) is 11.8 Å². The summed E-state index contributed by atoms with van der Waals surface area (Å²) in [5.41, 5.74) is 1.30. The van der Waals surface area contributed by atoms with Crippen molar-refractivity contribution in [3.8, 4) is 16.9 Å². The van der Waals surface area contributed by atoms with Gasteiger partial charge in [0.05, 0.1) is 22.2 Å². The first-order valence-electron chi connectivity index (χ1n) is 8.82. The molecule has 0 atom stereocenters. The molecule has 6 nitrogen and oxygen atoms in total. The molecule has 30 heavy (non-hydrogen) atoms. The van der Waals surface area contributed by atoms with E-state index in [2.05, 4.69) is 10.1 Å². The van der Waals surface area contributed by atoms with Crippen molar-refractivity contribution in [1.29, 1.82) is 0 Å². The maximum atomic E-state index is 13.8. The van der Waals surface area contributed by atoms with Crippen molar-refractivity contribution in [1.82, 2.24) is 19.7 Å². The number of hydrogen-bond donors (Lipinski definition) is 0. The van der Waals surface area contributed by atoms with Crippen LogP contribution in [0.25, 0.3) is 28.0 Å². The highest BCUT2D eigenvalue weighted by atomic mass is 19.2. The molecule has 3 heterocycles. The Labute approximate surface area is 167 Å². The molecule has 0 N–H and O–H groups in total. The van der Waals surface area contributed by atoms with Gasteiger partial charge in [0.1, 0.15) is 11.5 Å². The molecule has 0 radical (unpaired) electrons. The molecular formula is C21H11F3N4O2. The van der Waals surface area contributed by atoms with E-state index in [9.17, 15) is 22.8 Å². The molecule has 5 rings (SSSR count). The minimum Gasteiger partial charge on any atom is -0.277 e. The van der Waals surface area contributed by atoms with Gasteiger partial charge in [0.15, 0.2) is 17.3 Å². The van der Waals surface area contributed by atoms with Gasteiger partial charge in [-0.2, -0.15) is 5.10 Å². The number of nitrogens with zero attached hydrogens (tertiary/aromatic N) is 4. The molecule has 0 aliphatic carbocycles. The van der Waals surface area contributed by atoms with E-state index >= 15 is 0 Å². The minimum absolute atomic E-state index is 0.112. The van der Waals surface area contributed by atoms with E-state index in [-0.39, 0.29) is 33.5 Å². The number of fused-ring (bicyclic) bond motifs is 3. The number of pyridine rings is 1. The van der Waals surface area contributed by atoms with Crippen LogP contribution in [0.4, 0.5) is 13.2 Å². The van der Waals surface area contributed by atoms with Gasteiger partial charge in [0, 0.05) is 24.9 Å². The van der Waals surface area contributed by atoms with E-state index in [1.165, 1.54) is 48.3 Å². The highest BCUT2D eigenvalue weighted by molar-refractivity contribution is 6.27. The van der Waals surface area contributed by atoms with E-state index in [1.54, 1.807) is 0 Å². The Morgan fingerprint density at radius 1 is 0.900 bits per heavy atom.